The van der Waals surface area contributed by atoms with Crippen LogP contribution in [0.15, 0.2) is 42.6 Å². The van der Waals surface area contributed by atoms with Crippen molar-refractivity contribution in [2.75, 3.05) is 78.7 Å². The van der Waals surface area contributed by atoms with Crippen molar-refractivity contribution in [3.63, 3.8) is 0 Å². The summed E-state index contributed by atoms with van der Waals surface area (Å²) in [6.45, 7) is 9.16. The molecule has 2 aliphatic rings. The Morgan fingerprint density at radius 2 is 1.85 bits per heavy atom. The molecule has 9 nitrogen and oxygen atoms in total. The lowest BCUT2D eigenvalue weighted by molar-refractivity contribution is -0.143. The Hall–Kier alpha value is -2.56. The number of morpholine rings is 1. The van der Waals surface area contributed by atoms with Gasteiger partial charge in [-0.1, -0.05) is 31.2 Å². The van der Waals surface area contributed by atoms with Crippen molar-refractivity contribution in [2.24, 2.45) is 0 Å². The molecular formula is C32H48N4O5. The fraction of sp³-hybridized carbons (Fsp3) is 0.625. The Bertz CT molecular complexity index is 1090. The van der Waals surface area contributed by atoms with Gasteiger partial charge >= 0.3 is 0 Å². The summed E-state index contributed by atoms with van der Waals surface area (Å²) in [5, 5.41) is 0. The molecule has 0 saturated carbocycles. The van der Waals surface area contributed by atoms with Crippen molar-refractivity contribution in [1.82, 2.24) is 14.8 Å². The molecule has 2 aliphatic heterocycles. The molecule has 1 aromatic carbocycles. The molecule has 0 N–H and O–H groups in total. The van der Waals surface area contributed by atoms with Crippen LogP contribution in [-0.2, 0) is 43.1 Å². The number of hydrogen-bond donors (Lipinski definition) is 0. The van der Waals surface area contributed by atoms with Crippen LogP contribution in [0.5, 0.6) is 0 Å². The largest absolute Gasteiger partial charge is 0.381 e. The third-order valence-corrected chi connectivity index (χ3v) is 8.33. The van der Waals surface area contributed by atoms with Gasteiger partial charge in [0.25, 0.3) is 0 Å². The number of aryl methyl sites for hydroxylation is 1. The highest BCUT2D eigenvalue weighted by Crippen LogP contribution is 2.32. The van der Waals surface area contributed by atoms with E-state index >= 15 is 0 Å². The summed E-state index contributed by atoms with van der Waals surface area (Å²) in [6.07, 6.45) is 5.79. The predicted molar refractivity (Wildman–Crippen MR) is 160 cm³/mol. The van der Waals surface area contributed by atoms with E-state index in [9.17, 15) is 4.79 Å². The Balaban J connectivity index is 1.17. The molecule has 1 aromatic heterocycles. The molecule has 0 unspecified atom stereocenters. The maximum Gasteiger partial charge on any atom is 0.224 e. The van der Waals surface area contributed by atoms with Gasteiger partial charge in [0.1, 0.15) is 5.82 Å². The first-order valence-electron chi connectivity index (χ1n) is 14.9. The second-order valence-electron chi connectivity index (χ2n) is 11.2. The normalized spacial score (nSPS) is 17.3. The van der Waals surface area contributed by atoms with E-state index in [0.29, 0.717) is 26.2 Å². The van der Waals surface area contributed by atoms with Gasteiger partial charge in [0.05, 0.1) is 38.4 Å². The van der Waals surface area contributed by atoms with E-state index in [1.54, 1.807) is 26.2 Å². The number of amides is 1. The van der Waals surface area contributed by atoms with Crippen LogP contribution in [0.4, 0.5) is 5.82 Å². The Kier molecular flexibility index (Phi) is 11.9. The van der Waals surface area contributed by atoms with Gasteiger partial charge in [-0.3, -0.25) is 9.69 Å². The van der Waals surface area contributed by atoms with Crippen LogP contribution in [0.3, 0.4) is 0 Å². The van der Waals surface area contributed by atoms with Crippen molar-refractivity contribution < 1.29 is 23.7 Å². The molecular weight excluding hydrogens is 520 g/mol. The molecule has 3 heterocycles. The molecule has 0 aliphatic carbocycles. The molecule has 0 radical (unpaired) electrons. The summed E-state index contributed by atoms with van der Waals surface area (Å²) >= 11 is 0. The van der Waals surface area contributed by atoms with E-state index in [2.05, 4.69) is 58.1 Å². The number of nitrogens with zero attached hydrogens (tertiary/aromatic N) is 4. The van der Waals surface area contributed by atoms with Crippen molar-refractivity contribution in [2.45, 2.75) is 57.5 Å². The van der Waals surface area contributed by atoms with Gasteiger partial charge < -0.3 is 28.7 Å². The van der Waals surface area contributed by atoms with Crippen LogP contribution in [0.25, 0.3) is 0 Å². The summed E-state index contributed by atoms with van der Waals surface area (Å²) < 4.78 is 22.5. The molecule has 2 fully saturated rings. The number of hydrogen-bond acceptors (Lipinski definition) is 8. The van der Waals surface area contributed by atoms with Gasteiger partial charge in [0.2, 0.25) is 5.91 Å². The highest BCUT2D eigenvalue weighted by molar-refractivity contribution is 5.75. The molecule has 0 bridgehead atoms. The zero-order chi connectivity index (χ0) is 29.1. The van der Waals surface area contributed by atoms with E-state index < -0.39 is 6.29 Å². The first-order valence-corrected chi connectivity index (χ1v) is 14.9. The molecule has 4 rings (SSSR count). The molecule has 9 heteroatoms. The van der Waals surface area contributed by atoms with E-state index in [4.69, 9.17) is 18.9 Å². The van der Waals surface area contributed by atoms with Crippen molar-refractivity contribution >= 4 is 11.7 Å². The lowest BCUT2D eigenvalue weighted by atomic mass is 9.89. The van der Waals surface area contributed by atoms with Gasteiger partial charge in [-0.2, -0.15) is 0 Å². The average molecular weight is 569 g/mol. The molecule has 41 heavy (non-hydrogen) atoms. The second kappa shape index (κ2) is 15.6. The lowest BCUT2D eigenvalue weighted by Crippen LogP contribution is -2.57. The van der Waals surface area contributed by atoms with Gasteiger partial charge in [0, 0.05) is 60.2 Å². The highest BCUT2D eigenvalue weighted by atomic mass is 16.7. The van der Waals surface area contributed by atoms with Crippen LogP contribution in [-0.4, -0.2) is 106 Å². The van der Waals surface area contributed by atoms with E-state index in [-0.39, 0.29) is 11.5 Å². The molecule has 2 saturated heterocycles. The van der Waals surface area contributed by atoms with E-state index in [1.807, 2.05) is 6.20 Å². The van der Waals surface area contributed by atoms with Crippen molar-refractivity contribution in [3.05, 3.63) is 59.3 Å². The molecule has 1 amide bonds. The molecule has 226 valence electrons. The summed E-state index contributed by atoms with van der Waals surface area (Å²) in [5.74, 6) is 1.10. The minimum Gasteiger partial charge on any atom is -0.381 e. The third-order valence-electron chi connectivity index (χ3n) is 8.33. The monoisotopic (exact) mass is 568 g/mol. The number of rotatable bonds is 14. The number of likely N-dealkylation sites (tertiary alicyclic amines) is 1. The van der Waals surface area contributed by atoms with Gasteiger partial charge in [-0.15, -0.1) is 0 Å². The number of anilines is 1. The Labute approximate surface area is 245 Å². The van der Waals surface area contributed by atoms with Crippen LogP contribution >= 0.6 is 0 Å². The number of pyridine rings is 1. The zero-order valence-corrected chi connectivity index (χ0v) is 25.3. The Morgan fingerprint density at radius 1 is 1.07 bits per heavy atom. The number of methoxy groups -OCH3 is 2. The summed E-state index contributed by atoms with van der Waals surface area (Å²) in [4.78, 5) is 23.5. The summed E-state index contributed by atoms with van der Waals surface area (Å²) in [6, 6.07) is 13.1. The number of benzene rings is 1. The fourth-order valence-electron chi connectivity index (χ4n) is 5.67. The van der Waals surface area contributed by atoms with E-state index in [1.165, 1.54) is 16.7 Å². The number of piperidine rings is 1. The average Bonchev–Trinajstić information content (AvgIpc) is 3.01. The van der Waals surface area contributed by atoms with Crippen molar-refractivity contribution in [1.29, 1.82) is 0 Å². The van der Waals surface area contributed by atoms with Gasteiger partial charge in [0.15, 0.2) is 6.29 Å². The quantitative estimate of drug-likeness (QED) is 0.253. The number of carbonyl (C=O) groups is 1. The molecule has 0 atom stereocenters. The minimum atomic E-state index is -0.416. The number of aromatic nitrogens is 1. The fourth-order valence-corrected chi connectivity index (χ4v) is 5.67. The minimum absolute atomic E-state index is 0.0168. The maximum atomic E-state index is 12.3. The van der Waals surface area contributed by atoms with Crippen LogP contribution in [0.2, 0.25) is 0 Å². The standard InChI is InChI=1S/C32H48N4O5/c1-5-26-9-14-33-29(22-26)36-17-20-41-32(25-36)12-15-35(16-13-32)23-28-8-6-7-27(21-28)10-18-40-19-11-30(37)34(2)24-31(38-3)39-4/h6-9,14,21-22,31H,5,10-13,15-20,23-25H2,1-4H3. The summed E-state index contributed by atoms with van der Waals surface area (Å²) in [5.41, 5.74) is 3.84. The lowest BCUT2D eigenvalue weighted by Gasteiger charge is -2.47. The smallest absolute Gasteiger partial charge is 0.224 e. The maximum absolute atomic E-state index is 12.3. The predicted octanol–water partition coefficient (Wildman–Crippen LogP) is 3.54. The van der Waals surface area contributed by atoms with E-state index in [0.717, 1.165) is 70.8 Å². The topological polar surface area (TPSA) is 76.6 Å². The zero-order valence-electron chi connectivity index (χ0n) is 25.3. The van der Waals surface area contributed by atoms with Crippen LogP contribution in [0, 0.1) is 0 Å². The van der Waals surface area contributed by atoms with Gasteiger partial charge in [-0.05, 0) is 54.5 Å². The molecule has 2 aromatic rings. The number of carbonyl (C=O) groups excluding carboxylic acids is 1. The summed E-state index contributed by atoms with van der Waals surface area (Å²) in [7, 11) is 4.89. The second-order valence-corrected chi connectivity index (χ2v) is 11.2. The Morgan fingerprint density at radius 3 is 2.61 bits per heavy atom. The van der Waals surface area contributed by atoms with Crippen LogP contribution in [0.1, 0.15) is 42.9 Å². The highest BCUT2D eigenvalue weighted by Gasteiger charge is 2.40. The molecule has 1 spiro atoms. The number of ether oxygens (including phenoxy) is 4. The SMILES string of the molecule is CCc1ccnc(N2CCOC3(CCN(Cc4cccc(CCOCCC(=O)N(C)CC(OC)OC)c4)CC3)C2)c1. The van der Waals surface area contributed by atoms with Crippen molar-refractivity contribution in [3.8, 4) is 0 Å². The first-order chi connectivity index (χ1) is 19.9. The number of likely N-dealkylation sites (N-methyl/N-ethyl adjacent to an activating group) is 1. The van der Waals surface area contributed by atoms with Gasteiger partial charge in [-0.25, -0.2) is 4.98 Å². The first kappa shape index (κ1) is 31.4. The third kappa shape index (κ3) is 9.21. The van der Waals surface area contributed by atoms with Crippen LogP contribution < -0.4 is 4.90 Å².